The molecule has 0 fully saturated rings. The number of ketones is 1. The summed E-state index contributed by atoms with van der Waals surface area (Å²) in [4.78, 5) is 20.5. The van der Waals surface area contributed by atoms with Crippen LogP contribution < -0.4 is 0 Å². The zero-order chi connectivity index (χ0) is 20.9. The van der Waals surface area contributed by atoms with E-state index in [4.69, 9.17) is 11.7 Å². The number of hydrogen-bond acceptors (Lipinski definition) is 3. The third-order valence-corrected chi connectivity index (χ3v) is 6.75. The lowest BCUT2D eigenvalue weighted by Gasteiger charge is -2.45. The van der Waals surface area contributed by atoms with E-state index < -0.39 is 5.41 Å². The number of carbonyl (C=O) groups is 1. The Bertz CT molecular complexity index is 1200. The van der Waals surface area contributed by atoms with Gasteiger partial charge in [-0.3, -0.25) is 4.98 Å². The molecule has 0 N–H and O–H groups in total. The van der Waals surface area contributed by atoms with Crippen LogP contribution in [0.2, 0.25) is 0 Å². The van der Waals surface area contributed by atoms with Crippen molar-refractivity contribution in [3.8, 4) is 16.9 Å². The van der Waals surface area contributed by atoms with E-state index in [0.29, 0.717) is 0 Å². The fourth-order valence-electron chi connectivity index (χ4n) is 5.32. The largest absolute Gasteiger partial charge is 0.308 e. The minimum Gasteiger partial charge on any atom is -0.308 e. The monoisotopic (exact) mass is 394 g/mol. The number of rotatable bonds is 2. The van der Waals surface area contributed by atoms with Gasteiger partial charge >= 0.3 is 0 Å². The van der Waals surface area contributed by atoms with Crippen LogP contribution in [0.1, 0.15) is 31.5 Å². The Morgan fingerprint density at radius 1 is 1.17 bits per heavy atom. The number of benzene rings is 1. The van der Waals surface area contributed by atoms with Crippen molar-refractivity contribution >= 4 is 5.78 Å². The molecule has 0 spiro atoms. The molecule has 0 saturated heterocycles. The van der Waals surface area contributed by atoms with E-state index in [1.807, 2.05) is 48.0 Å². The average molecular weight is 394 g/mol. The topological polar surface area (TPSA) is 52.1 Å². The van der Waals surface area contributed by atoms with Gasteiger partial charge in [0, 0.05) is 34.9 Å². The van der Waals surface area contributed by atoms with Gasteiger partial charge in [0.25, 0.3) is 0 Å². The van der Waals surface area contributed by atoms with Gasteiger partial charge in [-0.2, -0.15) is 5.10 Å². The highest BCUT2D eigenvalue weighted by atomic mass is 16.1. The number of pyridine rings is 1. The van der Waals surface area contributed by atoms with Crippen LogP contribution in [0.25, 0.3) is 21.8 Å². The molecule has 0 bridgehead atoms. The molecule has 3 aromatic rings. The summed E-state index contributed by atoms with van der Waals surface area (Å²) < 4.78 is 2.01. The summed E-state index contributed by atoms with van der Waals surface area (Å²) in [6.45, 7) is 11.7. The number of fused-ring (bicyclic) bond motifs is 3. The van der Waals surface area contributed by atoms with Crippen molar-refractivity contribution in [3.63, 3.8) is 0 Å². The Labute approximate surface area is 175 Å². The standard InChI is InChI=1S/C25H22N4O/c1-16-20-10-9-19-22(17-7-5-4-6-8-17)28-29(18-11-13-27-14-12-18)24(19)25(20,2)15-21(26-3)23(16)30/h4-8,11-16,20H,9-10H2,1-2H3/t16-,20-,25-/m1/s1. The van der Waals surface area contributed by atoms with Gasteiger partial charge in [0.15, 0.2) is 5.78 Å². The Balaban J connectivity index is 1.83. The molecular formula is C25H22N4O. The number of Topliss-reactive ketones (excluding diaryl/α,β-unsaturated/α-hetero) is 1. The molecule has 0 aliphatic heterocycles. The van der Waals surface area contributed by atoms with Crippen LogP contribution in [0.4, 0.5) is 0 Å². The maximum Gasteiger partial charge on any atom is 0.226 e. The molecule has 3 atom stereocenters. The predicted octanol–water partition coefficient (Wildman–Crippen LogP) is 4.78. The molecule has 2 aromatic heterocycles. The van der Waals surface area contributed by atoms with Gasteiger partial charge in [-0.1, -0.05) is 50.3 Å². The number of carbonyl (C=O) groups excluding carboxylic acids is 1. The maximum absolute atomic E-state index is 12.7. The number of nitrogens with zero attached hydrogens (tertiary/aromatic N) is 4. The second-order valence-electron chi connectivity index (χ2n) is 8.38. The lowest BCUT2D eigenvalue weighted by Crippen LogP contribution is -2.46. The molecule has 5 nitrogen and oxygen atoms in total. The molecule has 5 rings (SSSR count). The summed E-state index contributed by atoms with van der Waals surface area (Å²) in [5.41, 5.74) is 5.10. The predicted molar refractivity (Wildman–Crippen MR) is 115 cm³/mol. The molecule has 2 aliphatic carbocycles. The fraction of sp³-hybridized carbons (Fsp3) is 0.280. The van der Waals surface area contributed by atoms with Crippen molar-refractivity contribution in [2.45, 2.75) is 32.1 Å². The van der Waals surface area contributed by atoms with Gasteiger partial charge in [0.2, 0.25) is 5.70 Å². The first-order valence-corrected chi connectivity index (χ1v) is 10.3. The Kier molecular flexibility index (Phi) is 4.18. The van der Waals surface area contributed by atoms with Gasteiger partial charge in [-0.25, -0.2) is 9.53 Å². The van der Waals surface area contributed by atoms with Gasteiger partial charge in [0.1, 0.15) is 0 Å². The van der Waals surface area contributed by atoms with Gasteiger partial charge in [-0.15, -0.1) is 0 Å². The second-order valence-corrected chi connectivity index (χ2v) is 8.38. The first kappa shape index (κ1) is 18.5. The number of allylic oxidation sites excluding steroid dienone is 2. The summed E-state index contributed by atoms with van der Waals surface area (Å²) in [6, 6.07) is 14.1. The quantitative estimate of drug-likeness (QED) is 0.588. The normalized spacial score (nSPS) is 25.1. The third kappa shape index (κ3) is 2.57. The highest BCUT2D eigenvalue weighted by Gasteiger charge is 2.50. The second kappa shape index (κ2) is 6.77. The zero-order valence-electron chi connectivity index (χ0n) is 17.0. The molecular weight excluding hydrogens is 372 g/mol. The first-order valence-electron chi connectivity index (χ1n) is 10.3. The van der Waals surface area contributed by atoms with Crippen molar-refractivity contribution in [1.29, 1.82) is 0 Å². The Morgan fingerprint density at radius 3 is 2.60 bits per heavy atom. The van der Waals surface area contributed by atoms with Gasteiger partial charge < -0.3 is 4.79 Å². The van der Waals surface area contributed by atoms with Crippen LogP contribution in [-0.4, -0.2) is 20.5 Å². The van der Waals surface area contributed by atoms with Crippen LogP contribution in [0.3, 0.4) is 0 Å². The van der Waals surface area contributed by atoms with E-state index in [0.717, 1.165) is 35.5 Å². The maximum atomic E-state index is 12.7. The minimum atomic E-state index is -0.440. The molecule has 0 saturated carbocycles. The van der Waals surface area contributed by atoms with Crippen molar-refractivity contribution in [1.82, 2.24) is 14.8 Å². The third-order valence-electron chi connectivity index (χ3n) is 6.75. The van der Waals surface area contributed by atoms with E-state index in [-0.39, 0.29) is 23.3 Å². The smallest absolute Gasteiger partial charge is 0.226 e. The van der Waals surface area contributed by atoms with Crippen molar-refractivity contribution in [3.05, 3.63) is 89.3 Å². The minimum absolute atomic E-state index is 0.0332. The molecule has 30 heavy (non-hydrogen) atoms. The van der Waals surface area contributed by atoms with Crippen LogP contribution >= 0.6 is 0 Å². The molecule has 148 valence electrons. The SMILES string of the molecule is [C-]#[N+]C1=C[C@@]2(C)c3c(c(-c4ccccc4)nn3-c3ccncc3)CC[C@@H]2[C@@H](C)C1=O. The summed E-state index contributed by atoms with van der Waals surface area (Å²) >= 11 is 0. The number of hydrogen-bond donors (Lipinski definition) is 0. The lowest BCUT2D eigenvalue weighted by molar-refractivity contribution is -0.121. The Hall–Kier alpha value is -3.52. The van der Waals surface area contributed by atoms with Crippen LogP contribution in [0.15, 0.2) is 66.6 Å². The van der Waals surface area contributed by atoms with E-state index in [1.54, 1.807) is 12.4 Å². The number of aromatic nitrogens is 3. The van der Waals surface area contributed by atoms with Crippen molar-refractivity contribution in [2.75, 3.05) is 0 Å². The van der Waals surface area contributed by atoms with E-state index in [1.165, 1.54) is 5.56 Å². The summed E-state index contributed by atoms with van der Waals surface area (Å²) in [7, 11) is 0. The van der Waals surface area contributed by atoms with Crippen molar-refractivity contribution in [2.24, 2.45) is 11.8 Å². The molecule has 5 heteroatoms. The molecule has 2 aliphatic rings. The molecule has 0 unspecified atom stereocenters. The van der Waals surface area contributed by atoms with Crippen LogP contribution in [0, 0.1) is 18.4 Å². The van der Waals surface area contributed by atoms with Gasteiger partial charge in [0.05, 0.1) is 23.6 Å². The highest BCUT2D eigenvalue weighted by molar-refractivity contribution is 6.00. The highest BCUT2D eigenvalue weighted by Crippen LogP contribution is 2.52. The van der Waals surface area contributed by atoms with Crippen LogP contribution in [0.5, 0.6) is 0 Å². The lowest BCUT2D eigenvalue weighted by atomic mass is 9.58. The molecule has 0 amide bonds. The molecule has 2 heterocycles. The van der Waals surface area contributed by atoms with E-state index >= 15 is 0 Å². The fourth-order valence-corrected chi connectivity index (χ4v) is 5.32. The first-order chi connectivity index (χ1) is 14.5. The molecule has 1 aromatic carbocycles. The van der Waals surface area contributed by atoms with Gasteiger partial charge in [-0.05, 0) is 30.9 Å². The summed E-state index contributed by atoms with van der Waals surface area (Å²) in [6.07, 6.45) is 7.20. The summed E-state index contributed by atoms with van der Waals surface area (Å²) in [5, 5.41) is 5.06. The Morgan fingerprint density at radius 2 is 1.90 bits per heavy atom. The average Bonchev–Trinajstić information content (AvgIpc) is 3.19. The van der Waals surface area contributed by atoms with E-state index in [2.05, 4.69) is 28.9 Å². The van der Waals surface area contributed by atoms with Crippen molar-refractivity contribution < 1.29 is 4.79 Å². The zero-order valence-corrected chi connectivity index (χ0v) is 17.0. The van der Waals surface area contributed by atoms with Crippen LogP contribution in [-0.2, 0) is 16.6 Å². The van der Waals surface area contributed by atoms with E-state index in [9.17, 15) is 4.79 Å². The molecule has 0 radical (unpaired) electrons. The summed E-state index contributed by atoms with van der Waals surface area (Å²) in [5.74, 6) is -0.0729.